The van der Waals surface area contributed by atoms with Gasteiger partial charge in [0.15, 0.2) is 0 Å². The van der Waals surface area contributed by atoms with Crippen LogP contribution in [0.3, 0.4) is 0 Å². The van der Waals surface area contributed by atoms with Gasteiger partial charge in [-0.3, -0.25) is 4.79 Å². The minimum atomic E-state index is -0.0659. The van der Waals surface area contributed by atoms with E-state index < -0.39 is 0 Å². The second-order valence-corrected chi connectivity index (χ2v) is 6.09. The summed E-state index contributed by atoms with van der Waals surface area (Å²) < 4.78 is 0. The second-order valence-electron chi connectivity index (χ2n) is 5.27. The lowest BCUT2D eigenvalue weighted by atomic mass is 9.94. The third kappa shape index (κ3) is 4.40. The Labute approximate surface area is 136 Å². The molecular formula is C17H19Cl2NO. The van der Waals surface area contributed by atoms with Gasteiger partial charge in [0.05, 0.1) is 10.0 Å². The Balaban J connectivity index is 2.15. The van der Waals surface area contributed by atoms with E-state index in [4.69, 9.17) is 23.2 Å². The Morgan fingerprint density at radius 2 is 2.14 bits per heavy atom. The molecule has 0 spiro atoms. The number of likely N-dealkylation sites (tertiary alicyclic amines) is 1. The molecule has 0 aliphatic carbocycles. The van der Waals surface area contributed by atoms with E-state index >= 15 is 0 Å². The highest BCUT2D eigenvalue weighted by Crippen LogP contribution is 2.31. The molecule has 0 radical (unpaired) electrons. The van der Waals surface area contributed by atoms with Crippen LogP contribution >= 0.6 is 23.2 Å². The Hall–Kier alpha value is -1.17. The first-order valence-electron chi connectivity index (χ1n) is 7.34. The van der Waals surface area contributed by atoms with E-state index in [9.17, 15) is 4.79 Å². The minimum absolute atomic E-state index is 0.0659. The molecular weight excluding hydrogens is 305 g/mol. The molecule has 0 aromatic heterocycles. The van der Waals surface area contributed by atoms with Crippen LogP contribution in [0, 0.1) is 11.8 Å². The first kappa shape index (κ1) is 16.2. The summed E-state index contributed by atoms with van der Waals surface area (Å²) in [6.07, 6.45) is 3.89. The number of hydrogen-bond acceptors (Lipinski definition) is 1. The summed E-state index contributed by atoms with van der Waals surface area (Å²) in [7, 11) is 0. The minimum Gasteiger partial charge on any atom is -0.331 e. The van der Waals surface area contributed by atoms with Crippen LogP contribution < -0.4 is 0 Å². The van der Waals surface area contributed by atoms with Gasteiger partial charge in [0, 0.05) is 25.4 Å². The summed E-state index contributed by atoms with van der Waals surface area (Å²) in [5, 5.41) is 1.14. The SMILES string of the molecule is CCC#CC(=O)N1CCCCC(c2ccc(Cl)c(Cl)c2)C1. The van der Waals surface area contributed by atoms with E-state index in [0.717, 1.165) is 31.4 Å². The molecule has 1 unspecified atom stereocenters. The van der Waals surface area contributed by atoms with Gasteiger partial charge < -0.3 is 4.90 Å². The number of carbonyl (C=O) groups is 1. The Morgan fingerprint density at radius 3 is 2.86 bits per heavy atom. The van der Waals surface area contributed by atoms with Crippen LogP contribution in [0.2, 0.25) is 10.0 Å². The molecule has 1 atom stereocenters. The first-order valence-corrected chi connectivity index (χ1v) is 8.10. The molecule has 1 saturated heterocycles. The van der Waals surface area contributed by atoms with E-state index in [1.165, 1.54) is 0 Å². The fourth-order valence-electron chi connectivity index (χ4n) is 2.61. The van der Waals surface area contributed by atoms with Crippen LogP contribution in [0.5, 0.6) is 0 Å². The summed E-state index contributed by atoms with van der Waals surface area (Å²) in [6, 6.07) is 5.75. The maximum Gasteiger partial charge on any atom is 0.298 e. The van der Waals surface area contributed by atoms with E-state index in [0.29, 0.717) is 28.9 Å². The molecule has 1 aromatic rings. The molecule has 4 heteroatoms. The maximum absolute atomic E-state index is 12.1. The molecule has 1 aromatic carbocycles. The summed E-state index contributed by atoms with van der Waals surface area (Å²) in [5.41, 5.74) is 1.15. The van der Waals surface area contributed by atoms with E-state index in [2.05, 4.69) is 11.8 Å². The van der Waals surface area contributed by atoms with Gasteiger partial charge >= 0.3 is 0 Å². The van der Waals surface area contributed by atoms with Crippen molar-refractivity contribution in [1.29, 1.82) is 0 Å². The first-order chi connectivity index (χ1) is 10.1. The van der Waals surface area contributed by atoms with Gasteiger partial charge in [0.1, 0.15) is 0 Å². The standard InChI is InChI=1S/C17H19Cl2NO/c1-2-3-7-17(21)20-10-5-4-6-14(12-20)13-8-9-15(18)16(19)11-13/h8-9,11,14H,2,4-6,10,12H2,1H3. The van der Waals surface area contributed by atoms with Crippen molar-refractivity contribution < 1.29 is 4.79 Å². The number of benzene rings is 1. The predicted molar refractivity (Wildman–Crippen MR) is 87.7 cm³/mol. The number of rotatable bonds is 1. The molecule has 1 amide bonds. The summed E-state index contributed by atoms with van der Waals surface area (Å²) >= 11 is 12.1. The summed E-state index contributed by atoms with van der Waals surface area (Å²) in [5.74, 6) is 5.80. The molecule has 21 heavy (non-hydrogen) atoms. The highest BCUT2D eigenvalue weighted by Gasteiger charge is 2.22. The zero-order chi connectivity index (χ0) is 15.2. The highest BCUT2D eigenvalue weighted by molar-refractivity contribution is 6.42. The van der Waals surface area contributed by atoms with Crippen LogP contribution in [0.1, 0.15) is 44.1 Å². The Bertz CT molecular complexity index is 574. The zero-order valence-corrected chi connectivity index (χ0v) is 13.7. The van der Waals surface area contributed by atoms with Crippen molar-refractivity contribution in [1.82, 2.24) is 4.90 Å². The lowest BCUT2D eigenvalue weighted by Gasteiger charge is -2.23. The van der Waals surface area contributed by atoms with E-state index in [1.807, 2.05) is 30.0 Å². The zero-order valence-electron chi connectivity index (χ0n) is 12.2. The van der Waals surface area contributed by atoms with Crippen LogP contribution in [0.15, 0.2) is 18.2 Å². The monoisotopic (exact) mass is 323 g/mol. The fraction of sp³-hybridized carbons (Fsp3) is 0.471. The largest absolute Gasteiger partial charge is 0.331 e. The Kier molecular flexibility index (Phi) is 5.96. The van der Waals surface area contributed by atoms with Gasteiger partial charge in [-0.15, -0.1) is 0 Å². The number of carbonyl (C=O) groups excluding carboxylic acids is 1. The highest BCUT2D eigenvalue weighted by atomic mass is 35.5. The molecule has 1 heterocycles. The smallest absolute Gasteiger partial charge is 0.298 e. The van der Waals surface area contributed by atoms with Gasteiger partial charge in [-0.2, -0.15) is 0 Å². The van der Waals surface area contributed by atoms with Crippen molar-refractivity contribution in [3.8, 4) is 11.8 Å². The Morgan fingerprint density at radius 1 is 1.33 bits per heavy atom. The van der Waals surface area contributed by atoms with Gasteiger partial charge in [0.25, 0.3) is 5.91 Å². The third-order valence-corrected chi connectivity index (χ3v) is 4.48. The van der Waals surface area contributed by atoms with Crippen molar-refractivity contribution in [2.24, 2.45) is 0 Å². The molecule has 1 aliphatic rings. The average molecular weight is 324 g/mol. The van der Waals surface area contributed by atoms with Crippen LogP contribution in [-0.4, -0.2) is 23.9 Å². The van der Waals surface area contributed by atoms with Gasteiger partial charge in [-0.1, -0.05) is 48.5 Å². The normalized spacial score (nSPS) is 18.6. The summed E-state index contributed by atoms with van der Waals surface area (Å²) in [4.78, 5) is 14.0. The maximum atomic E-state index is 12.1. The molecule has 0 N–H and O–H groups in total. The summed E-state index contributed by atoms with van der Waals surface area (Å²) in [6.45, 7) is 3.44. The van der Waals surface area contributed by atoms with Crippen molar-refractivity contribution in [2.45, 2.75) is 38.5 Å². The lowest BCUT2D eigenvalue weighted by molar-refractivity contribution is -0.125. The second kappa shape index (κ2) is 7.73. The average Bonchev–Trinajstić information content (AvgIpc) is 2.73. The number of amides is 1. The predicted octanol–water partition coefficient (Wildman–Crippen LogP) is 4.50. The quantitative estimate of drug-likeness (QED) is 0.696. The lowest BCUT2D eigenvalue weighted by Crippen LogP contribution is -2.33. The molecule has 0 saturated carbocycles. The van der Waals surface area contributed by atoms with Crippen molar-refractivity contribution in [3.05, 3.63) is 33.8 Å². The van der Waals surface area contributed by atoms with Gasteiger partial charge in [-0.05, 0) is 36.5 Å². The molecule has 112 valence electrons. The molecule has 2 rings (SSSR count). The van der Waals surface area contributed by atoms with Crippen LogP contribution in [0.25, 0.3) is 0 Å². The molecule has 2 nitrogen and oxygen atoms in total. The van der Waals surface area contributed by atoms with Crippen molar-refractivity contribution >= 4 is 29.1 Å². The van der Waals surface area contributed by atoms with Gasteiger partial charge in [0.2, 0.25) is 0 Å². The number of hydrogen-bond donors (Lipinski definition) is 0. The number of nitrogens with zero attached hydrogens (tertiary/aromatic N) is 1. The van der Waals surface area contributed by atoms with Crippen LogP contribution in [-0.2, 0) is 4.79 Å². The van der Waals surface area contributed by atoms with Crippen LogP contribution in [0.4, 0.5) is 0 Å². The topological polar surface area (TPSA) is 20.3 Å². The van der Waals surface area contributed by atoms with Crippen molar-refractivity contribution in [2.75, 3.05) is 13.1 Å². The molecule has 1 aliphatic heterocycles. The third-order valence-electron chi connectivity index (χ3n) is 3.75. The van der Waals surface area contributed by atoms with E-state index in [-0.39, 0.29) is 5.91 Å². The fourth-order valence-corrected chi connectivity index (χ4v) is 2.91. The molecule has 1 fully saturated rings. The molecule has 0 bridgehead atoms. The number of halogens is 2. The van der Waals surface area contributed by atoms with E-state index in [1.54, 1.807) is 0 Å². The van der Waals surface area contributed by atoms with Crippen molar-refractivity contribution in [3.63, 3.8) is 0 Å². The van der Waals surface area contributed by atoms with Gasteiger partial charge in [-0.25, -0.2) is 0 Å².